The van der Waals surface area contributed by atoms with Crippen LogP contribution in [0, 0.1) is 23.7 Å². The van der Waals surface area contributed by atoms with Crippen LogP contribution in [0.25, 0.3) is 0 Å². The molecule has 17 atom stereocenters. The lowest BCUT2D eigenvalue weighted by molar-refractivity contribution is -0.144. The lowest BCUT2D eigenvalue weighted by Gasteiger charge is -2.32. The zero-order valence-corrected chi connectivity index (χ0v) is 65.4. The van der Waals surface area contributed by atoms with Gasteiger partial charge in [-0.3, -0.25) is 76.7 Å². The average Bonchev–Trinajstić information content (AvgIpc) is 1.75. The van der Waals surface area contributed by atoms with Gasteiger partial charge in [0.25, 0.3) is 0 Å². The van der Waals surface area contributed by atoms with E-state index in [9.17, 15) is 102 Å². The van der Waals surface area contributed by atoms with Crippen molar-refractivity contribution in [3.8, 4) is 0 Å². The molecule has 0 radical (unpaired) electrons. The number of unbranched alkanes of at least 4 members (excludes halogenated alkanes) is 1. The van der Waals surface area contributed by atoms with E-state index in [0.29, 0.717) is 25.0 Å². The first kappa shape index (κ1) is 96.5. The van der Waals surface area contributed by atoms with Gasteiger partial charge in [-0.05, 0) is 121 Å². The van der Waals surface area contributed by atoms with E-state index in [1.165, 1.54) is 43.0 Å². The Morgan fingerprint density at radius 2 is 1.02 bits per heavy atom. The number of rotatable bonds is 51. The SMILES string of the molecule is CC[C@H](C)[C@H](NC(=O)[C@H](CCC(N)=O)NC(=O)[C@H](Cc1cnc[nH]1)NC(=O)[C@H](C)NC(=O)[C@H](CC(N)=O)NC(=O)[C@@H](NC(=O)[C@@H](NC(=O)[C@@H](NC(=O)[C@H](CCC(=O)O)NC(=O)[C@@H](N)CCSC)[C@@H](C)O)[C@@H](C)O)C(C)C)C(=O)N[C@@H](CC(C)C)C(=O)N1CCC[C@H]1C(=O)N[C@@H](CCCCN)C(=O)N[C@H](C(=O)O)C(C)C. The Bertz CT molecular complexity index is 3310. The largest absolute Gasteiger partial charge is 0.481 e. The van der Waals surface area contributed by atoms with Crippen LogP contribution < -0.4 is 86.7 Å². The predicted molar refractivity (Wildman–Crippen MR) is 398 cm³/mol. The van der Waals surface area contributed by atoms with Crippen LogP contribution in [-0.2, 0) is 87.9 Å². The summed E-state index contributed by atoms with van der Waals surface area (Å²) in [7, 11) is 0. The van der Waals surface area contributed by atoms with Gasteiger partial charge in [-0.25, -0.2) is 9.78 Å². The van der Waals surface area contributed by atoms with Crippen LogP contribution in [0.3, 0.4) is 0 Å². The summed E-state index contributed by atoms with van der Waals surface area (Å²) in [6, 6.07) is -21.3. The molecule has 2 heterocycles. The number of hydrogen-bond acceptors (Lipinski definition) is 23. The summed E-state index contributed by atoms with van der Waals surface area (Å²) in [5.74, 6) is -19.4. The highest BCUT2D eigenvalue weighted by Gasteiger charge is 2.43. The minimum Gasteiger partial charge on any atom is -0.481 e. The van der Waals surface area contributed by atoms with Crippen LogP contribution in [0.5, 0.6) is 0 Å². The molecule has 1 aliphatic heterocycles. The fraction of sp³-hybridized carbons (Fsp3) is 0.710. The highest BCUT2D eigenvalue weighted by atomic mass is 32.2. The molecule has 0 bridgehead atoms. The summed E-state index contributed by atoms with van der Waals surface area (Å²) in [6.45, 7) is 16.7. The maximum atomic E-state index is 14.7. The van der Waals surface area contributed by atoms with Crippen LogP contribution >= 0.6 is 11.8 Å². The minimum atomic E-state index is -1.94. The molecule has 1 aromatic heterocycles. The first-order valence-electron chi connectivity index (χ1n) is 36.7. The van der Waals surface area contributed by atoms with E-state index in [4.69, 9.17) is 22.9 Å². The third-order valence-corrected chi connectivity index (χ3v) is 18.7. The fourth-order valence-electron chi connectivity index (χ4n) is 11.5. The second kappa shape index (κ2) is 48.1. The summed E-state index contributed by atoms with van der Waals surface area (Å²) in [5, 5.41) is 69.9. The molecule has 110 heavy (non-hydrogen) atoms. The number of carboxylic acid groups (broad SMARTS) is 2. The maximum absolute atomic E-state index is 14.7. The number of aromatic amines is 1. The molecule has 1 fully saturated rings. The number of aliphatic carboxylic acids is 2. The smallest absolute Gasteiger partial charge is 0.326 e. The van der Waals surface area contributed by atoms with Crippen molar-refractivity contribution in [2.45, 2.75) is 263 Å². The van der Waals surface area contributed by atoms with Gasteiger partial charge >= 0.3 is 11.9 Å². The number of carbonyl (C=O) groups excluding carboxylic acids is 15. The molecule has 40 nitrogen and oxygen atoms in total. The Morgan fingerprint density at radius 1 is 0.545 bits per heavy atom. The Kier molecular flexibility index (Phi) is 42.2. The molecule has 0 spiro atoms. The number of carboxylic acids is 2. The van der Waals surface area contributed by atoms with Crippen LogP contribution in [0.4, 0.5) is 0 Å². The number of hydrogen-bond donors (Lipinski definition) is 21. The summed E-state index contributed by atoms with van der Waals surface area (Å²) < 4.78 is 0. The van der Waals surface area contributed by atoms with E-state index in [0.717, 1.165) is 20.8 Å². The molecule has 41 heteroatoms. The molecule has 0 aromatic carbocycles. The van der Waals surface area contributed by atoms with Crippen LogP contribution in [0.1, 0.15) is 165 Å². The van der Waals surface area contributed by atoms with Gasteiger partial charge in [-0.1, -0.05) is 61.8 Å². The summed E-state index contributed by atoms with van der Waals surface area (Å²) in [5.41, 5.74) is 22.9. The molecular formula is C69H117N19O21S. The quantitative estimate of drug-likeness (QED) is 0.0270. The van der Waals surface area contributed by atoms with Gasteiger partial charge in [-0.2, -0.15) is 11.8 Å². The average molecular weight is 1580 g/mol. The van der Waals surface area contributed by atoms with Gasteiger partial charge in [0.1, 0.15) is 78.5 Å². The van der Waals surface area contributed by atoms with Crippen molar-refractivity contribution < 1.29 is 102 Å². The predicted octanol–water partition coefficient (Wildman–Crippen LogP) is -5.75. The summed E-state index contributed by atoms with van der Waals surface area (Å²) >= 11 is 1.39. The van der Waals surface area contributed by atoms with Crippen molar-refractivity contribution in [2.75, 3.05) is 25.1 Å². The molecule has 15 amide bonds. The van der Waals surface area contributed by atoms with Gasteiger partial charge in [-0.15, -0.1) is 0 Å². The van der Waals surface area contributed by atoms with Crippen LogP contribution in [-0.4, -0.2) is 258 Å². The van der Waals surface area contributed by atoms with Crippen LogP contribution in [0.2, 0.25) is 0 Å². The third kappa shape index (κ3) is 32.9. The minimum absolute atomic E-state index is 0.0467. The normalized spacial score (nSPS) is 17.1. The zero-order chi connectivity index (χ0) is 83.6. The molecule has 1 saturated heterocycles. The van der Waals surface area contributed by atoms with E-state index < -0.39 is 247 Å². The highest BCUT2D eigenvalue weighted by molar-refractivity contribution is 7.98. The Labute approximate surface area is 643 Å². The monoisotopic (exact) mass is 1580 g/mol. The number of imidazole rings is 1. The van der Waals surface area contributed by atoms with E-state index in [1.807, 2.05) is 0 Å². The number of primary amides is 2. The standard InChI is InChI=1S/C69H117N19O21S/c1-13-35(8)53(65(104)82-46(27-32(2)3)68(107)88-25-16-18-47(88)63(102)79-41(17-14-15-24-70)58(97)84-52(34(6)7)69(108)109)85-59(98)42(19-21-48(72)91)78-62(101)44(28-39-30-74-31-75-39)80-56(95)36(9)76-61(100)45(29-49(73)92)81-64(103)51(33(4)5)83-66(105)55(38(11)90)87-67(106)54(37(10)89)86-60(99)43(20-22-50(93)94)77-57(96)40(71)23-26-110-12/h30-38,40-47,51-55,89-90H,13-29,70-71H2,1-12H3,(H2,72,91)(H2,73,92)(H,74,75)(H,76,100)(H,77,96)(H,78,101)(H,79,102)(H,80,95)(H,81,103)(H,82,104)(H,83,105)(H,84,97)(H,85,98)(H,86,99)(H,87,106)(H,93,94)(H,108,109)/t35-,36-,37+,38+,40-,41-,42-,43-,44-,45-,46-,47-,51-,52-,53-,54-,55-/m0/s1. The number of thioether (sulfide) groups is 1. The Balaban J connectivity index is 2.43. The molecule has 1 aliphatic rings. The molecule has 0 saturated carbocycles. The number of nitrogens with zero attached hydrogens (tertiary/aromatic N) is 2. The number of amides is 15. The number of carbonyl (C=O) groups is 17. The van der Waals surface area contributed by atoms with Gasteiger partial charge in [0.2, 0.25) is 88.6 Å². The number of nitrogens with two attached hydrogens (primary N) is 4. The third-order valence-electron chi connectivity index (χ3n) is 18.1. The zero-order valence-electron chi connectivity index (χ0n) is 64.6. The van der Waals surface area contributed by atoms with E-state index in [2.05, 4.69) is 73.8 Å². The molecule has 2 rings (SSSR count). The van der Waals surface area contributed by atoms with Crippen molar-refractivity contribution >= 4 is 112 Å². The van der Waals surface area contributed by atoms with Gasteiger partial charge in [0, 0.05) is 37.7 Å². The number of aliphatic hydroxyl groups is 2. The highest BCUT2D eigenvalue weighted by Crippen LogP contribution is 2.23. The summed E-state index contributed by atoms with van der Waals surface area (Å²) in [4.78, 5) is 239. The van der Waals surface area contributed by atoms with Crippen molar-refractivity contribution in [2.24, 2.45) is 46.6 Å². The molecule has 620 valence electrons. The lowest BCUT2D eigenvalue weighted by atomic mass is 9.96. The summed E-state index contributed by atoms with van der Waals surface area (Å²) in [6.07, 6.45) is -0.479. The van der Waals surface area contributed by atoms with Gasteiger partial charge < -0.3 is 117 Å². The maximum Gasteiger partial charge on any atom is 0.326 e. The van der Waals surface area contributed by atoms with Crippen molar-refractivity contribution in [3.63, 3.8) is 0 Å². The Hall–Kier alpha value is -9.61. The first-order valence-corrected chi connectivity index (χ1v) is 38.1. The molecular weight excluding hydrogens is 1460 g/mol. The number of likely N-dealkylation sites (tertiary alicyclic amines) is 1. The fourth-order valence-corrected chi connectivity index (χ4v) is 12.0. The number of H-pyrrole nitrogens is 1. The second-order valence-electron chi connectivity index (χ2n) is 28.6. The van der Waals surface area contributed by atoms with Gasteiger partial charge in [0.15, 0.2) is 0 Å². The number of nitrogens with one attached hydrogen (secondary N) is 13. The first-order chi connectivity index (χ1) is 51.5. The lowest BCUT2D eigenvalue weighted by Crippen LogP contribution is -2.63. The van der Waals surface area contributed by atoms with Gasteiger partial charge in [0.05, 0.1) is 31.0 Å². The molecule has 1 aromatic rings. The van der Waals surface area contributed by atoms with Crippen LogP contribution in [0.15, 0.2) is 12.5 Å². The second-order valence-corrected chi connectivity index (χ2v) is 29.6. The molecule has 0 unspecified atom stereocenters. The van der Waals surface area contributed by atoms with E-state index >= 15 is 0 Å². The van der Waals surface area contributed by atoms with Crippen molar-refractivity contribution in [1.82, 2.24) is 78.7 Å². The molecule has 25 N–H and O–H groups in total. The number of aromatic nitrogens is 2. The van der Waals surface area contributed by atoms with Crippen molar-refractivity contribution in [3.05, 3.63) is 18.2 Å². The molecule has 0 aliphatic carbocycles. The van der Waals surface area contributed by atoms with Crippen molar-refractivity contribution in [1.29, 1.82) is 0 Å². The Morgan fingerprint density at radius 3 is 1.51 bits per heavy atom. The van der Waals surface area contributed by atoms with E-state index in [-0.39, 0.29) is 63.2 Å². The topological polar surface area (TPSA) is 651 Å². The number of aliphatic hydroxyl groups excluding tert-OH is 2. The van der Waals surface area contributed by atoms with E-state index in [1.54, 1.807) is 47.8 Å².